The second kappa shape index (κ2) is 9.68. The zero-order valence-corrected chi connectivity index (χ0v) is 12.4. The minimum Gasteiger partial charge on any atom is -0.383 e. The topological polar surface area (TPSA) is 82.7 Å². The van der Waals surface area contributed by atoms with Gasteiger partial charge < -0.3 is 15.4 Å². The summed E-state index contributed by atoms with van der Waals surface area (Å²) in [6.45, 7) is 5.59. The Balaban J connectivity index is 2.37. The molecule has 7 nitrogen and oxygen atoms in total. The molecule has 0 aliphatic carbocycles. The van der Waals surface area contributed by atoms with E-state index in [0.29, 0.717) is 25.7 Å². The van der Waals surface area contributed by atoms with Crippen LogP contribution in [0.3, 0.4) is 0 Å². The second-order valence-electron chi connectivity index (χ2n) is 4.93. The largest absolute Gasteiger partial charge is 0.383 e. The van der Waals surface area contributed by atoms with Crippen LogP contribution in [0, 0.1) is 0 Å². The number of urea groups is 1. The minimum absolute atomic E-state index is 0.207. The highest BCUT2D eigenvalue weighted by molar-refractivity contribution is 5.95. The van der Waals surface area contributed by atoms with Gasteiger partial charge in [-0.2, -0.15) is 0 Å². The molecule has 3 amide bonds. The van der Waals surface area contributed by atoms with Crippen LogP contribution in [-0.4, -0.2) is 69.3 Å². The fraction of sp³-hybridized carbons (Fsp3) is 0.846. The first-order chi connectivity index (χ1) is 9.65. The van der Waals surface area contributed by atoms with Crippen LogP contribution < -0.4 is 16.0 Å². The Bertz CT molecular complexity index is 306. The molecule has 3 N–H and O–H groups in total. The molecule has 1 saturated heterocycles. The molecule has 0 aromatic heterocycles. The summed E-state index contributed by atoms with van der Waals surface area (Å²) >= 11 is 0. The number of imide groups is 1. The molecule has 20 heavy (non-hydrogen) atoms. The van der Waals surface area contributed by atoms with Gasteiger partial charge in [-0.15, -0.1) is 0 Å². The van der Waals surface area contributed by atoms with E-state index in [1.54, 1.807) is 14.0 Å². The maximum atomic E-state index is 11.8. The molecule has 0 aromatic carbocycles. The van der Waals surface area contributed by atoms with Crippen molar-refractivity contribution < 1.29 is 14.3 Å². The van der Waals surface area contributed by atoms with Gasteiger partial charge in [-0.1, -0.05) is 0 Å². The van der Waals surface area contributed by atoms with Crippen molar-refractivity contribution in [2.75, 3.05) is 46.4 Å². The first-order valence-electron chi connectivity index (χ1n) is 7.18. The predicted molar refractivity (Wildman–Crippen MR) is 76.6 cm³/mol. The van der Waals surface area contributed by atoms with Gasteiger partial charge in [-0.25, -0.2) is 4.79 Å². The number of rotatable bonds is 8. The fourth-order valence-electron chi connectivity index (χ4n) is 2.25. The number of hydrogen-bond acceptors (Lipinski definition) is 5. The highest BCUT2D eigenvalue weighted by Crippen LogP contribution is 2.06. The monoisotopic (exact) mass is 286 g/mol. The van der Waals surface area contributed by atoms with Crippen molar-refractivity contribution in [2.24, 2.45) is 0 Å². The molecule has 1 fully saturated rings. The Kier molecular flexibility index (Phi) is 8.17. The third kappa shape index (κ3) is 6.83. The molecule has 116 valence electrons. The summed E-state index contributed by atoms with van der Waals surface area (Å²) < 4.78 is 5.06. The number of carbonyl (C=O) groups excluding carboxylic acids is 2. The Morgan fingerprint density at radius 1 is 1.45 bits per heavy atom. The summed E-state index contributed by atoms with van der Waals surface area (Å²) in [5.41, 5.74) is 0. The molecular weight excluding hydrogens is 260 g/mol. The van der Waals surface area contributed by atoms with E-state index in [-0.39, 0.29) is 12.5 Å². The standard InChI is InChI=1S/C13H26N4O3/c1-3-14-13(19)16-12(18)10-17(7-8-20-2)9-11-5-4-6-15-11/h11,15H,3-10H2,1-2H3,(H2,14,16,18,19). The summed E-state index contributed by atoms with van der Waals surface area (Å²) in [6, 6.07) is -0.0210. The molecule has 1 unspecified atom stereocenters. The highest BCUT2D eigenvalue weighted by atomic mass is 16.5. The van der Waals surface area contributed by atoms with Crippen LogP contribution in [0.2, 0.25) is 0 Å². The number of carbonyl (C=O) groups is 2. The fourth-order valence-corrected chi connectivity index (χ4v) is 2.25. The second-order valence-corrected chi connectivity index (χ2v) is 4.93. The van der Waals surface area contributed by atoms with Gasteiger partial charge in [0.05, 0.1) is 13.2 Å². The van der Waals surface area contributed by atoms with E-state index in [2.05, 4.69) is 16.0 Å². The van der Waals surface area contributed by atoms with Crippen LogP contribution in [0.1, 0.15) is 19.8 Å². The average Bonchev–Trinajstić information content (AvgIpc) is 2.88. The number of nitrogens with zero attached hydrogens (tertiary/aromatic N) is 1. The lowest BCUT2D eigenvalue weighted by Gasteiger charge is -2.24. The molecule has 1 aliphatic heterocycles. The van der Waals surface area contributed by atoms with E-state index >= 15 is 0 Å². The highest BCUT2D eigenvalue weighted by Gasteiger charge is 2.20. The average molecular weight is 286 g/mol. The summed E-state index contributed by atoms with van der Waals surface area (Å²) in [4.78, 5) is 25.1. The molecule has 0 radical (unpaired) electrons. The van der Waals surface area contributed by atoms with E-state index in [1.807, 2.05) is 4.90 Å². The van der Waals surface area contributed by atoms with E-state index in [0.717, 1.165) is 19.5 Å². The van der Waals surface area contributed by atoms with Crippen LogP contribution in [0.25, 0.3) is 0 Å². The number of ether oxygens (including phenoxy) is 1. The molecular formula is C13H26N4O3. The van der Waals surface area contributed by atoms with Gasteiger partial charge in [-0.3, -0.25) is 15.0 Å². The quantitative estimate of drug-likeness (QED) is 0.562. The molecule has 0 aromatic rings. The molecule has 1 heterocycles. The zero-order chi connectivity index (χ0) is 14.8. The van der Waals surface area contributed by atoms with Gasteiger partial charge in [0.25, 0.3) is 0 Å². The van der Waals surface area contributed by atoms with E-state index < -0.39 is 6.03 Å². The van der Waals surface area contributed by atoms with Crippen LogP contribution in [0.15, 0.2) is 0 Å². The molecule has 0 bridgehead atoms. The molecule has 0 saturated carbocycles. The van der Waals surface area contributed by atoms with E-state index in [4.69, 9.17) is 4.74 Å². The van der Waals surface area contributed by atoms with E-state index in [9.17, 15) is 9.59 Å². The number of methoxy groups -OCH3 is 1. The number of nitrogens with one attached hydrogen (secondary N) is 3. The summed E-state index contributed by atoms with van der Waals surface area (Å²) in [5.74, 6) is -0.287. The third-order valence-corrected chi connectivity index (χ3v) is 3.21. The van der Waals surface area contributed by atoms with E-state index in [1.165, 1.54) is 6.42 Å². The maximum Gasteiger partial charge on any atom is 0.321 e. The van der Waals surface area contributed by atoms with Gasteiger partial charge >= 0.3 is 6.03 Å². The lowest BCUT2D eigenvalue weighted by molar-refractivity contribution is -0.121. The van der Waals surface area contributed by atoms with Gasteiger partial charge in [0.1, 0.15) is 0 Å². The van der Waals surface area contributed by atoms with Crippen molar-refractivity contribution in [1.82, 2.24) is 20.9 Å². The predicted octanol–water partition coefficient (Wildman–Crippen LogP) is -0.467. The Labute approximate surface area is 120 Å². The smallest absolute Gasteiger partial charge is 0.321 e. The Morgan fingerprint density at radius 2 is 2.25 bits per heavy atom. The van der Waals surface area contributed by atoms with Crippen molar-refractivity contribution >= 4 is 11.9 Å². The lowest BCUT2D eigenvalue weighted by atomic mass is 10.2. The summed E-state index contributed by atoms with van der Waals surface area (Å²) in [7, 11) is 1.64. The molecule has 1 aliphatic rings. The van der Waals surface area contributed by atoms with Crippen LogP contribution >= 0.6 is 0 Å². The zero-order valence-electron chi connectivity index (χ0n) is 12.4. The van der Waals surface area contributed by atoms with Crippen molar-refractivity contribution in [1.29, 1.82) is 0 Å². The van der Waals surface area contributed by atoms with Crippen LogP contribution in [-0.2, 0) is 9.53 Å². The number of amides is 3. The third-order valence-electron chi connectivity index (χ3n) is 3.21. The maximum absolute atomic E-state index is 11.8. The lowest BCUT2D eigenvalue weighted by Crippen LogP contribution is -2.47. The molecule has 1 atom stereocenters. The normalized spacial score (nSPS) is 18.2. The Morgan fingerprint density at radius 3 is 2.85 bits per heavy atom. The first kappa shape index (κ1) is 16.9. The van der Waals surface area contributed by atoms with Gasteiger partial charge in [0.2, 0.25) is 5.91 Å². The SMILES string of the molecule is CCNC(=O)NC(=O)CN(CCOC)CC1CCCN1. The van der Waals surface area contributed by atoms with Crippen LogP contribution in [0.5, 0.6) is 0 Å². The minimum atomic E-state index is -0.441. The van der Waals surface area contributed by atoms with Gasteiger partial charge in [-0.05, 0) is 26.3 Å². The number of hydrogen-bond donors (Lipinski definition) is 3. The Hall–Kier alpha value is -1.18. The molecule has 1 rings (SSSR count). The summed E-state index contributed by atoms with van der Waals surface area (Å²) in [6.07, 6.45) is 2.30. The van der Waals surface area contributed by atoms with Gasteiger partial charge in [0, 0.05) is 32.8 Å². The van der Waals surface area contributed by atoms with Crippen molar-refractivity contribution in [3.63, 3.8) is 0 Å². The summed E-state index contributed by atoms with van der Waals surface area (Å²) in [5, 5.41) is 8.26. The first-order valence-corrected chi connectivity index (χ1v) is 7.18. The molecule has 7 heteroatoms. The van der Waals surface area contributed by atoms with Crippen molar-refractivity contribution in [2.45, 2.75) is 25.8 Å². The van der Waals surface area contributed by atoms with Crippen molar-refractivity contribution in [3.8, 4) is 0 Å². The van der Waals surface area contributed by atoms with Crippen LogP contribution in [0.4, 0.5) is 4.79 Å². The van der Waals surface area contributed by atoms with Crippen molar-refractivity contribution in [3.05, 3.63) is 0 Å². The van der Waals surface area contributed by atoms with Gasteiger partial charge in [0.15, 0.2) is 0 Å². The molecule has 0 spiro atoms.